The molecule has 2 N–H and O–H groups in total. The summed E-state index contributed by atoms with van der Waals surface area (Å²) in [7, 11) is -2.15. The maximum atomic E-state index is 12.7. The molecule has 21 heavy (non-hydrogen) atoms. The summed E-state index contributed by atoms with van der Waals surface area (Å²) in [4.78, 5) is 4.09. The van der Waals surface area contributed by atoms with Crippen LogP contribution in [0.1, 0.15) is 11.1 Å². The maximum absolute atomic E-state index is 12.7. The molecule has 2 rings (SSSR count). The number of rotatable bonds is 5. The molecule has 0 spiro atoms. The van der Waals surface area contributed by atoms with Gasteiger partial charge in [0.25, 0.3) is 0 Å². The zero-order valence-electron chi connectivity index (χ0n) is 11.4. The van der Waals surface area contributed by atoms with Crippen LogP contribution in [0.25, 0.3) is 0 Å². The van der Waals surface area contributed by atoms with Crippen LogP contribution in [-0.4, -0.2) is 29.7 Å². The van der Waals surface area contributed by atoms with Crippen molar-refractivity contribution >= 4 is 27.2 Å². The minimum Gasteiger partial charge on any atom is -0.389 e. The van der Waals surface area contributed by atoms with E-state index in [9.17, 15) is 8.42 Å². The van der Waals surface area contributed by atoms with E-state index in [1.807, 2.05) is 0 Å². The lowest BCUT2D eigenvalue weighted by Crippen LogP contribution is -2.28. The molecule has 0 aliphatic rings. The number of hydrogen-bond acceptors (Lipinski definition) is 4. The molecule has 5 nitrogen and oxygen atoms in total. The summed E-state index contributed by atoms with van der Waals surface area (Å²) in [6.07, 6.45) is 3.25. The number of nitrogens with zero attached hydrogens (tertiary/aromatic N) is 2. The number of nitrogens with two attached hydrogens (primary N) is 1. The third kappa shape index (κ3) is 3.44. The quantitative estimate of drug-likeness (QED) is 0.845. The van der Waals surface area contributed by atoms with Gasteiger partial charge in [0.2, 0.25) is 10.0 Å². The van der Waals surface area contributed by atoms with Crippen molar-refractivity contribution in [3.8, 4) is 0 Å². The number of pyridine rings is 1. The first-order chi connectivity index (χ1) is 9.93. The van der Waals surface area contributed by atoms with E-state index in [1.165, 1.54) is 17.4 Å². The molecule has 1 heterocycles. The highest BCUT2D eigenvalue weighted by Crippen LogP contribution is 2.20. The topological polar surface area (TPSA) is 76.3 Å². The number of benzene rings is 1. The average molecular weight is 321 g/mol. The fourth-order valence-corrected chi connectivity index (χ4v) is 3.50. The van der Waals surface area contributed by atoms with Crippen molar-refractivity contribution < 1.29 is 8.42 Å². The second-order valence-corrected chi connectivity index (χ2v) is 6.93. The third-order valence-electron chi connectivity index (χ3n) is 3.00. The SMILES string of the molecule is CN(Cc1ccncc1)S(=O)(=O)c1ccccc1C(N)=S. The van der Waals surface area contributed by atoms with Crippen molar-refractivity contribution in [2.24, 2.45) is 5.73 Å². The van der Waals surface area contributed by atoms with E-state index in [4.69, 9.17) is 18.0 Å². The molecule has 0 fully saturated rings. The number of sulfonamides is 1. The van der Waals surface area contributed by atoms with Crippen LogP contribution in [0.2, 0.25) is 0 Å². The lowest BCUT2D eigenvalue weighted by Gasteiger charge is -2.19. The first kappa shape index (κ1) is 15.6. The first-order valence-electron chi connectivity index (χ1n) is 6.17. The lowest BCUT2D eigenvalue weighted by atomic mass is 10.2. The van der Waals surface area contributed by atoms with Crippen LogP contribution in [0.3, 0.4) is 0 Å². The summed E-state index contributed by atoms with van der Waals surface area (Å²) in [6.45, 7) is 0.247. The number of aromatic nitrogens is 1. The summed E-state index contributed by atoms with van der Waals surface area (Å²) in [6, 6.07) is 10.0. The molecule has 1 aromatic carbocycles. The Balaban J connectivity index is 2.36. The van der Waals surface area contributed by atoms with E-state index >= 15 is 0 Å². The van der Waals surface area contributed by atoms with Crippen molar-refractivity contribution in [1.82, 2.24) is 9.29 Å². The molecule has 0 unspecified atom stereocenters. The molecular formula is C14H15N3O2S2. The first-order valence-corrected chi connectivity index (χ1v) is 8.02. The van der Waals surface area contributed by atoms with Gasteiger partial charge in [-0.1, -0.05) is 30.4 Å². The Hall–Kier alpha value is -1.83. The van der Waals surface area contributed by atoms with Gasteiger partial charge in [-0.2, -0.15) is 4.31 Å². The molecule has 0 saturated carbocycles. The molecule has 2 aromatic rings. The van der Waals surface area contributed by atoms with E-state index in [0.717, 1.165) is 5.56 Å². The largest absolute Gasteiger partial charge is 0.389 e. The summed E-state index contributed by atoms with van der Waals surface area (Å²) < 4.78 is 26.6. The van der Waals surface area contributed by atoms with Gasteiger partial charge < -0.3 is 5.73 Å². The molecule has 0 bridgehead atoms. The molecule has 0 aliphatic carbocycles. The normalized spacial score (nSPS) is 11.5. The number of hydrogen-bond donors (Lipinski definition) is 1. The van der Waals surface area contributed by atoms with E-state index < -0.39 is 10.0 Å². The van der Waals surface area contributed by atoms with Crippen molar-refractivity contribution in [3.05, 3.63) is 59.9 Å². The van der Waals surface area contributed by atoms with Gasteiger partial charge in [0, 0.05) is 31.5 Å². The fourth-order valence-electron chi connectivity index (χ4n) is 1.89. The van der Waals surface area contributed by atoms with Gasteiger partial charge in [-0.05, 0) is 23.8 Å². The Bertz CT molecular complexity index is 746. The monoisotopic (exact) mass is 321 g/mol. The molecule has 110 valence electrons. The average Bonchev–Trinajstić information content (AvgIpc) is 2.48. The number of thiocarbonyl (C=S) groups is 1. The van der Waals surface area contributed by atoms with E-state index in [0.29, 0.717) is 5.56 Å². The van der Waals surface area contributed by atoms with Crippen molar-refractivity contribution in [3.63, 3.8) is 0 Å². The zero-order chi connectivity index (χ0) is 15.5. The summed E-state index contributed by atoms with van der Waals surface area (Å²) >= 11 is 4.92. The zero-order valence-corrected chi connectivity index (χ0v) is 13.1. The molecule has 0 atom stereocenters. The Morgan fingerprint density at radius 1 is 1.24 bits per heavy atom. The molecule has 0 aliphatic heterocycles. The van der Waals surface area contributed by atoms with Gasteiger partial charge in [0.05, 0.1) is 4.90 Å². The minimum atomic E-state index is -3.67. The summed E-state index contributed by atoms with van der Waals surface area (Å²) in [5, 5.41) is 0. The van der Waals surface area contributed by atoms with E-state index in [2.05, 4.69) is 4.98 Å². The smallest absolute Gasteiger partial charge is 0.243 e. The highest BCUT2D eigenvalue weighted by molar-refractivity contribution is 7.89. The van der Waals surface area contributed by atoms with E-state index in [-0.39, 0.29) is 16.4 Å². The van der Waals surface area contributed by atoms with E-state index in [1.54, 1.807) is 42.7 Å². The second kappa shape index (κ2) is 6.30. The summed E-state index contributed by atoms with van der Waals surface area (Å²) in [5.41, 5.74) is 6.81. The van der Waals surface area contributed by atoms with Gasteiger partial charge in [0.1, 0.15) is 4.99 Å². The van der Waals surface area contributed by atoms with Crippen LogP contribution in [0, 0.1) is 0 Å². The van der Waals surface area contributed by atoms with Crippen LogP contribution in [-0.2, 0) is 16.6 Å². The minimum absolute atomic E-state index is 0.0616. The van der Waals surface area contributed by atoms with Crippen LogP contribution >= 0.6 is 12.2 Å². The molecular weight excluding hydrogens is 306 g/mol. The van der Waals surface area contributed by atoms with Crippen molar-refractivity contribution in [2.75, 3.05) is 7.05 Å². The summed E-state index contributed by atoms with van der Waals surface area (Å²) in [5.74, 6) is 0. The standard InChI is InChI=1S/C14H15N3O2S2/c1-17(10-11-6-8-16-9-7-11)21(18,19)13-5-3-2-4-12(13)14(15)20/h2-9H,10H2,1H3,(H2,15,20). The predicted octanol–water partition coefficient (Wildman–Crippen LogP) is 1.54. The van der Waals surface area contributed by atoms with Gasteiger partial charge in [-0.15, -0.1) is 0 Å². The molecule has 0 amide bonds. The van der Waals surface area contributed by atoms with Gasteiger partial charge >= 0.3 is 0 Å². The lowest BCUT2D eigenvalue weighted by molar-refractivity contribution is 0.466. The Morgan fingerprint density at radius 2 is 1.86 bits per heavy atom. The highest BCUT2D eigenvalue weighted by atomic mass is 32.2. The van der Waals surface area contributed by atoms with Crippen LogP contribution in [0.5, 0.6) is 0 Å². The van der Waals surface area contributed by atoms with Crippen LogP contribution in [0.15, 0.2) is 53.7 Å². The van der Waals surface area contributed by atoms with Crippen molar-refractivity contribution in [1.29, 1.82) is 0 Å². The third-order valence-corrected chi connectivity index (χ3v) is 5.08. The van der Waals surface area contributed by atoms with Gasteiger partial charge in [0.15, 0.2) is 0 Å². The molecule has 0 radical (unpaired) electrons. The Morgan fingerprint density at radius 3 is 2.48 bits per heavy atom. The second-order valence-electron chi connectivity index (χ2n) is 4.48. The van der Waals surface area contributed by atoms with Crippen molar-refractivity contribution in [2.45, 2.75) is 11.4 Å². The fraction of sp³-hybridized carbons (Fsp3) is 0.143. The predicted molar refractivity (Wildman–Crippen MR) is 85.2 cm³/mol. The molecule has 7 heteroatoms. The van der Waals surface area contributed by atoms with Gasteiger partial charge in [-0.25, -0.2) is 8.42 Å². The van der Waals surface area contributed by atoms with Gasteiger partial charge in [-0.3, -0.25) is 4.98 Å². The molecule has 0 saturated heterocycles. The highest BCUT2D eigenvalue weighted by Gasteiger charge is 2.24. The Labute approximate surface area is 129 Å². The maximum Gasteiger partial charge on any atom is 0.243 e. The Kier molecular flexibility index (Phi) is 4.66. The van der Waals surface area contributed by atoms with Crippen LogP contribution in [0.4, 0.5) is 0 Å². The van der Waals surface area contributed by atoms with Crippen LogP contribution < -0.4 is 5.73 Å². The molecule has 1 aromatic heterocycles.